The normalized spacial score (nSPS) is 13.2. The molecule has 1 N–H and O–H groups in total. The SMILES string of the molecule is O=C(O)c1ccc2cc3c(ccc4ccccc43)c3c2c1CC3. The quantitative estimate of drug-likeness (QED) is 0.399. The molecule has 4 aromatic carbocycles. The summed E-state index contributed by atoms with van der Waals surface area (Å²) >= 11 is 0. The number of hydrogen-bond acceptors (Lipinski definition) is 1. The Bertz CT molecular complexity index is 1140. The summed E-state index contributed by atoms with van der Waals surface area (Å²) < 4.78 is 0. The van der Waals surface area contributed by atoms with Crippen LogP contribution in [0.1, 0.15) is 21.5 Å². The molecule has 23 heavy (non-hydrogen) atoms. The molecule has 0 aliphatic heterocycles. The molecule has 0 saturated heterocycles. The lowest BCUT2D eigenvalue weighted by atomic mass is 9.93. The van der Waals surface area contributed by atoms with Gasteiger partial charge in [0.15, 0.2) is 0 Å². The molecule has 1 aliphatic rings. The van der Waals surface area contributed by atoms with E-state index in [1.807, 2.05) is 6.07 Å². The molecular formula is C21H14O2. The topological polar surface area (TPSA) is 37.3 Å². The van der Waals surface area contributed by atoms with Crippen LogP contribution in [0.4, 0.5) is 0 Å². The Morgan fingerprint density at radius 1 is 0.783 bits per heavy atom. The molecule has 2 heteroatoms. The van der Waals surface area contributed by atoms with Crippen molar-refractivity contribution in [2.24, 2.45) is 0 Å². The maximum atomic E-state index is 11.5. The van der Waals surface area contributed by atoms with Gasteiger partial charge in [-0.15, -0.1) is 0 Å². The van der Waals surface area contributed by atoms with E-state index in [0.29, 0.717) is 5.56 Å². The van der Waals surface area contributed by atoms with E-state index in [1.54, 1.807) is 6.07 Å². The van der Waals surface area contributed by atoms with Gasteiger partial charge < -0.3 is 5.11 Å². The predicted octanol–water partition coefficient (Wildman–Crippen LogP) is 4.94. The van der Waals surface area contributed by atoms with Gasteiger partial charge in [0.2, 0.25) is 0 Å². The van der Waals surface area contributed by atoms with E-state index in [2.05, 4.69) is 42.5 Å². The predicted molar refractivity (Wildman–Crippen MR) is 93.3 cm³/mol. The van der Waals surface area contributed by atoms with E-state index in [9.17, 15) is 9.90 Å². The van der Waals surface area contributed by atoms with Crippen molar-refractivity contribution in [1.29, 1.82) is 0 Å². The summed E-state index contributed by atoms with van der Waals surface area (Å²) in [6, 6.07) is 18.7. The molecule has 2 nitrogen and oxygen atoms in total. The molecule has 0 atom stereocenters. The number of carboxylic acid groups (broad SMARTS) is 1. The maximum absolute atomic E-state index is 11.5. The van der Waals surface area contributed by atoms with Crippen molar-refractivity contribution in [3.05, 3.63) is 71.3 Å². The fraction of sp³-hybridized carbons (Fsp3) is 0.0952. The lowest BCUT2D eigenvalue weighted by Crippen LogP contribution is -2.00. The average molecular weight is 298 g/mol. The van der Waals surface area contributed by atoms with Gasteiger partial charge in [0.25, 0.3) is 0 Å². The Labute approximate surface area is 133 Å². The summed E-state index contributed by atoms with van der Waals surface area (Å²) in [5, 5.41) is 16.8. The minimum atomic E-state index is -0.826. The molecule has 0 fully saturated rings. The van der Waals surface area contributed by atoms with Crippen LogP contribution in [-0.2, 0) is 12.8 Å². The zero-order valence-electron chi connectivity index (χ0n) is 12.5. The first-order chi connectivity index (χ1) is 11.2. The standard InChI is InChI=1S/C21H14O2/c22-21(23)18-8-6-13-11-19-14-4-2-1-3-12(14)5-7-15(19)16-9-10-17(18)20(13)16/h1-8,11H,9-10H2,(H,22,23). The molecule has 110 valence electrons. The number of carboxylic acids is 1. The van der Waals surface area contributed by atoms with Gasteiger partial charge in [-0.3, -0.25) is 0 Å². The monoisotopic (exact) mass is 298 g/mol. The van der Waals surface area contributed by atoms with Crippen molar-refractivity contribution >= 4 is 38.3 Å². The molecule has 1 aliphatic carbocycles. The van der Waals surface area contributed by atoms with Gasteiger partial charge in [0, 0.05) is 0 Å². The van der Waals surface area contributed by atoms with E-state index >= 15 is 0 Å². The molecule has 0 aromatic heterocycles. The van der Waals surface area contributed by atoms with Crippen LogP contribution < -0.4 is 0 Å². The van der Waals surface area contributed by atoms with Crippen molar-refractivity contribution in [1.82, 2.24) is 0 Å². The second-order valence-electron chi connectivity index (χ2n) is 6.23. The van der Waals surface area contributed by atoms with Crippen molar-refractivity contribution < 1.29 is 9.90 Å². The number of aromatic carboxylic acids is 1. The molecule has 0 amide bonds. The van der Waals surface area contributed by atoms with Crippen LogP contribution in [0.25, 0.3) is 32.3 Å². The second kappa shape index (κ2) is 4.32. The Hall–Kier alpha value is -2.87. The molecule has 0 heterocycles. The smallest absolute Gasteiger partial charge is 0.335 e. The zero-order valence-corrected chi connectivity index (χ0v) is 12.5. The Kier molecular flexibility index (Phi) is 2.38. The third-order valence-electron chi connectivity index (χ3n) is 5.10. The molecule has 0 bridgehead atoms. The van der Waals surface area contributed by atoms with Gasteiger partial charge in [0.1, 0.15) is 0 Å². The Balaban J connectivity index is 2.01. The number of benzene rings is 4. The summed E-state index contributed by atoms with van der Waals surface area (Å²) in [6.45, 7) is 0. The minimum Gasteiger partial charge on any atom is -0.478 e. The highest BCUT2D eigenvalue weighted by molar-refractivity contribution is 6.16. The summed E-state index contributed by atoms with van der Waals surface area (Å²) in [4.78, 5) is 11.5. The number of aryl methyl sites for hydroxylation is 2. The molecule has 4 aromatic rings. The number of rotatable bonds is 1. The molecule has 0 radical (unpaired) electrons. The molecule has 0 saturated carbocycles. The number of carbonyl (C=O) groups is 1. The lowest BCUT2D eigenvalue weighted by Gasteiger charge is -2.11. The van der Waals surface area contributed by atoms with Crippen LogP contribution in [0.15, 0.2) is 54.6 Å². The van der Waals surface area contributed by atoms with Crippen LogP contribution >= 0.6 is 0 Å². The highest BCUT2D eigenvalue weighted by Gasteiger charge is 2.23. The minimum absolute atomic E-state index is 0.455. The van der Waals surface area contributed by atoms with Gasteiger partial charge in [0.05, 0.1) is 5.56 Å². The van der Waals surface area contributed by atoms with Gasteiger partial charge >= 0.3 is 5.97 Å². The van der Waals surface area contributed by atoms with Gasteiger partial charge in [-0.25, -0.2) is 4.79 Å². The number of fused-ring (bicyclic) bond motifs is 4. The first kappa shape index (κ1) is 12.7. The van der Waals surface area contributed by atoms with E-state index < -0.39 is 5.97 Å². The summed E-state index contributed by atoms with van der Waals surface area (Å²) in [5.41, 5.74) is 2.76. The summed E-state index contributed by atoms with van der Waals surface area (Å²) in [5.74, 6) is -0.826. The average Bonchev–Trinajstić information content (AvgIpc) is 3.01. The first-order valence-electron chi connectivity index (χ1n) is 7.86. The molecule has 0 unspecified atom stereocenters. The summed E-state index contributed by atoms with van der Waals surface area (Å²) in [7, 11) is 0. The lowest BCUT2D eigenvalue weighted by molar-refractivity contribution is 0.0696. The number of hydrogen-bond donors (Lipinski definition) is 1. The molecule has 5 rings (SSSR count). The largest absolute Gasteiger partial charge is 0.478 e. The Morgan fingerprint density at radius 3 is 2.43 bits per heavy atom. The third kappa shape index (κ3) is 1.61. The summed E-state index contributed by atoms with van der Waals surface area (Å²) in [6.07, 6.45) is 1.74. The van der Waals surface area contributed by atoms with Crippen LogP contribution in [-0.4, -0.2) is 11.1 Å². The fourth-order valence-electron chi connectivity index (χ4n) is 4.12. The molecular weight excluding hydrogens is 284 g/mol. The first-order valence-corrected chi connectivity index (χ1v) is 7.86. The second-order valence-corrected chi connectivity index (χ2v) is 6.23. The van der Waals surface area contributed by atoms with Crippen molar-refractivity contribution in [2.45, 2.75) is 12.8 Å². The fourth-order valence-corrected chi connectivity index (χ4v) is 4.12. The van der Waals surface area contributed by atoms with E-state index in [0.717, 1.165) is 29.2 Å². The van der Waals surface area contributed by atoms with Crippen LogP contribution in [0.2, 0.25) is 0 Å². The van der Waals surface area contributed by atoms with Crippen LogP contribution in [0.5, 0.6) is 0 Å². The van der Waals surface area contributed by atoms with Gasteiger partial charge in [-0.1, -0.05) is 42.5 Å². The van der Waals surface area contributed by atoms with Gasteiger partial charge in [-0.05, 0) is 68.4 Å². The van der Waals surface area contributed by atoms with Crippen molar-refractivity contribution in [3.63, 3.8) is 0 Å². The van der Waals surface area contributed by atoms with E-state index in [-0.39, 0.29) is 0 Å². The van der Waals surface area contributed by atoms with Crippen LogP contribution in [0.3, 0.4) is 0 Å². The van der Waals surface area contributed by atoms with Crippen LogP contribution in [0, 0.1) is 0 Å². The van der Waals surface area contributed by atoms with Crippen molar-refractivity contribution in [2.75, 3.05) is 0 Å². The third-order valence-corrected chi connectivity index (χ3v) is 5.10. The van der Waals surface area contributed by atoms with E-state index in [4.69, 9.17) is 0 Å². The van der Waals surface area contributed by atoms with Gasteiger partial charge in [-0.2, -0.15) is 0 Å². The highest BCUT2D eigenvalue weighted by Crippen LogP contribution is 2.40. The zero-order chi connectivity index (χ0) is 15.6. The molecule has 0 spiro atoms. The van der Waals surface area contributed by atoms with Crippen molar-refractivity contribution in [3.8, 4) is 0 Å². The van der Waals surface area contributed by atoms with E-state index in [1.165, 1.54) is 27.1 Å². The highest BCUT2D eigenvalue weighted by atomic mass is 16.4. The maximum Gasteiger partial charge on any atom is 0.335 e. The Morgan fingerprint density at radius 2 is 1.57 bits per heavy atom.